The summed E-state index contributed by atoms with van der Waals surface area (Å²) in [6.07, 6.45) is 1.94. The van der Waals surface area contributed by atoms with E-state index in [1.807, 2.05) is 6.92 Å². The number of halogens is 2. The van der Waals surface area contributed by atoms with E-state index in [1.54, 1.807) is 13.8 Å². The van der Waals surface area contributed by atoms with Crippen LogP contribution in [0.25, 0.3) is 0 Å². The average Bonchev–Trinajstić information content (AvgIpc) is 3.01. The van der Waals surface area contributed by atoms with E-state index in [4.69, 9.17) is 9.47 Å². The molecule has 2 aromatic heterocycles. The monoisotopic (exact) mass is 458 g/mol. The Labute approximate surface area is 180 Å². The van der Waals surface area contributed by atoms with Gasteiger partial charge in [-0.15, -0.1) is 11.3 Å². The highest BCUT2D eigenvalue weighted by atomic mass is 32.2. The van der Waals surface area contributed by atoms with Crippen LogP contribution in [0.5, 0.6) is 0 Å². The van der Waals surface area contributed by atoms with Crippen LogP contribution in [0.15, 0.2) is 23.4 Å². The molecule has 0 unspecified atom stereocenters. The molecule has 0 aliphatic heterocycles. The third-order valence-corrected chi connectivity index (χ3v) is 5.90. The summed E-state index contributed by atoms with van der Waals surface area (Å²) in [6, 6.07) is 2.69. The quantitative estimate of drug-likeness (QED) is 0.442. The Balaban J connectivity index is 2.09. The van der Waals surface area contributed by atoms with E-state index in [2.05, 4.69) is 10.3 Å². The number of pyridine rings is 1. The van der Waals surface area contributed by atoms with Crippen LogP contribution in [-0.2, 0) is 20.7 Å². The van der Waals surface area contributed by atoms with E-state index in [1.165, 1.54) is 29.7 Å². The van der Waals surface area contributed by atoms with Crippen molar-refractivity contribution in [1.82, 2.24) is 4.98 Å². The van der Waals surface area contributed by atoms with E-state index < -0.39 is 30.2 Å². The molecule has 0 bridgehead atoms. The van der Waals surface area contributed by atoms with E-state index in [-0.39, 0.29) is 34.5 Å². The summed E-state index contributed by atoms with van der Waals surface area (Å²) in [5, 5.41) is 2.67. The van der Waals surface area contributed by atoms with Crippen molar-refractivity contribution in [3.63, 3.8) is 0 Å². The Morgan fingerprint density at radius 2 is 1.97 bits per heavy atom. The van der Waals surface area contributed by atoms with Gasteiger partial charge in [-0.1, -0.05) is 6.92 Å². The van der Waals surface area contributed by atoms with Crippen LogP contribution in [0.4, 0.5) is 13.8 Å². The topological polar surface area (TPSA) is 94.6 Å². The highest BCUT2D eigenvalue weighted by molar-refractivity contribution is 7.99. The number of carbonyl (C=O) groups is 3. The van der Waals surface area contributed by atoms with Gasteiger partial charge in [0.2, 0.25) is 0 Å². The Kier molecular flexibility index (Phi) is 8.72. The number of aryl methyl sites for hydroxylation is 1. The minimum atomic E-state index is -2.76. The Morgan fingerprint density at radius 1 is 1.23 bits per heavy atom. The summed E-state index contributed by atoms with van der Waals surface area (Å²) in [7, 11) is 0. The second kappa shape index (κ2) is 11.0. The van der Waals surface area contributed by atoms with Gasteiger partial charge in [-0.25, -0.2) is 14.6 Å². The van der Waals surface area contributed by atoms with Gasteiger partial charge in [-0.2, -0.15) is 8.78 Å². The summed E-state index contributed by atoms with van der Waals surface area (Å²) >= 11 is 1.35. The highest BCUT2D eigenvalue weighted by Gasteiger charge is 2.24. The molecule has 0 aliphatic rings. The molecule has 1 amide bonds. The van der Waals surface area contributed by atoms with Crippen molar-refractivity contribution >= 4 is 45.9 Å². The lowest BCUT2D eigenvalue weighted by atomic mass is 10.1. The first kappa shape index (κ1) is 23.7. The lowest BCUT2D eigenvalue weighted by Gasteiger charge is -2.09. The lowest BCUT2D eigenvalue weighted by Crippen LogP contribution is -2.22. The summed E-state index contributed by atoms with van der Waals surface area (Å²) < 4.78 is 35.2. The number of nitrogens with zero attached hydrogens (tertiary/aromatic N) is 1. The largest absolute Gasteiger partial charge is 0.462 e. The number of thioether (sulfide) groups is 1. The number of nitrogens with one attached hydrogen (secondary N) is 1. The molecule has 0 spiro atoms. The van der Waals surface area contributed by atoms with Crippen molar-refractivity contribution in [2.75, 3.05) is 18.5 Å². The van der Waals surface area contributed by atoms with E-state index in [0.29, 0.717) is 11.4 Å². The predicted molar refractivity (Wildman–Crippen MR) is 109 cm³/mol. The van der Waals surface area contributed by atoms with Gasteiger partial charge in [0.15, 0.2) is 6.61 Å². The fourth-order valence-corrected chi connectivity index (χ4v) is 4.25. The first-order valence-corrected chi connectivity index (χ1v) is 10.6. The normalized spacial score (nSPS) is 10.7. The number of rotatable bonds is 9. The van der Waals surface area contributed by atoms with Gasteiger partial charge in [-0.05, 0) is 49.7 Å². The average molecular weight is 459 g/mol. The van der Waals surface area contributed by atoms with Crippen molar-refractivity contribution in [1.29, 1.82) is 0 Å². The first-order chi connectivity index (χ1) is 14.3. The van der Waals surface area contributed by atoms with Gasteiger partial charge in [0, 0.05) is 11.1 Å². The van der Waals surface area contributed by atoms with Crippen LogP contribution in [0.1, 0.15) is 45.0 Å². The van der Waals surface area contributed by atoms with Crippen molar-refractivity contribution in [2.24, 2.45) is 0 Å². The Hall–Kier alpha value is -2.53. The van der Waals surface area contributed by atoms with Gasteiger partial charge in [-0.3, -0.25) is 4.79 Å². The number of carbonyl (C=O) groups excluding carboxylic acids is 3. The molecule has 7 nitrogen and oxygen atoms in total. The van der Waals surface area contributed by atoms with E-state index in [0.717, 1.165) is 10.4 Å². The van der Waals surface area contributed by atoms with Crippen molar-refractivity contribution in [3.05, 3.63) is 39.9 Å². The van der Waals surface area contributed by atoms with E-state index in [9.17, 15) is 23.2 Å². The zero-order valence-corrected chi connectivity index (χ0v) is 18.1. The van der Waals surface area contributed by atoms with Crippen molar-refractivity contribution < 1.29 is 32.6 Å². The smallest absolute Gasteiger partial charge is 0.341 e. The molecule has 0 radical (unpaired) electrons. The van der Waals surface area contributed by atoms with E-state index >= 15 is 0 Å². The SMILES string of the molecule is CCOC(=O)c1c(NC(=O)COC(=O)c2cccnc2SC(F)F)sc(CC)c1C. The molecule has 0 fully saturated rings. The molecule has 2 rings (SSSR count). The number of alkyl halides is 2. The molecule has 0 aromatic carbocycles. The number of hydrogen-bond donors (Lipinski definition) is 1. The van der Waals surface area contributed by atoms with Crippen LogP contribution in [0, 0.1) is 6.92 Å². The van der Waals surface area contributed by atoms with Crippen LogP contribution >= 0.6 is 23.1 Å². The standard InChI is InChI=1S/C19H20F2N2O5S2/c1-4-12-10(3)14(18(26)27-5-2)16(29-12)23-13(24)9-28-17(25)11-7-6-8-22-15(11)30-19(20)21/h6-8,19H,4-5,9H2,1-3H3,(H,23,24). The zero-order valence-electron chi connectivity index (χ0n) is 16.5. The summed E-state index contributed by atoms with van der Waals surface area (Å²) in [6.45, 7) is 4.89. The fourth-order valence-electron chi connectivity index (χ4n) is 2.53. The Bertz CT molecular complexity index is 934. The summed E-state index contributed by atoms with van der Waals surface area (Å²) in [4.78, 5) is 41.4. The zero-order chi connectivity index (χ0) is 22.3. The molecule has 162 valence electrons. The molecule has 11 heteroatoms. The van der Waals surface area contributed by atoms with Crippen LogP contribution < -0.4 is 5.32 Å². The number of hydrogen-bond acceptors (Lipinski definition) is 8. The second-order valence-electron chi connectivity index (χ2n) is 5.79. The minimum Gasteiger partial charge on any atom is -0.462 e. The first-order valence-electron chi connectivity index (χ1n) is 8.94. The van der Waals surface area contributed by atoms with Gasteiger partial charge in [0.1, 0.15) is 10.0 Å². The number of amides is 1. The molecule has 0 atom stereocenters. The van der Waals surface area contributed by atoms with Crippen molar-refractivity contribution in [2.45, 2.75) is 38.0 Å². The second-order valence-corrected chi connectivity index (χ2v) is 7.87. The molecule has 0 saturated heterocycles. The minimum absolute atomic E-state index is 0.111. The van der Waals surface area contributed by atoms with Crippen LogP contribution in [-0.4, -0.2) is 41.8 Å². The van der Waals surface area contributed by atoms with Gasteiger partial charge < -0.3 is 14.8 Å². The number of aromatic nitrogens is 1. The lowest BCUT2D eigenvalue weighted by molar-refractivity contribution is -0.119. The molecular formula is C19H20F2N2O5S2. The number of ether oxygens (including phenoxy) is 2. The Morgan fingerprint density at radius 3 is 2.60 bits per heavy atom. The molecule has 0 saturated carbocycles. The fraction of sp³-hybridized carbons (Fsp3) is 0.368. The third-order valence-electron chi connectivity index (χ3n) is 3.83. The molecule has 2 heterocycles. The number of anilines is 1. The number of esters is 2. The van der Waals surface area contributed by atoms with Gasteiger partial charge in [0.25, 0.3) is 11.7 Å². The summed E-state index contributed by atoms with van der Waals surface area (Å²) in [5.74, 6) is -4.94. The van der Waals surface area contributed by atoms with Gasteiger partial charge >= 0.3 is 11.9 Å². The molecule has 2 aromatic rings. The van der Waals surface area contributed by atoms with Gasteiger partial charge in [0.05, 0.1) is 17.7 Å². The highest BCUT2D eigenvalue weighted by Crippen LogP contribution is 2.34. The van der Waals surface area contributed by atoms with Crippen LogP contribution in [0.2, 0.25) is 0 Å². The maximum absolute atomic E-state index is 12.6. The molecule has 30 heavy (non-hydrogen) atoms. The van der Waals surface area contributed by atoms with Crippen LogP contribution in [0.3, 0.4) is 0 Å². The predicted octanol–water partition coefficient (Wildman–Crippen LogP) is 4.30. The molecule has 0 aliphatic carbocycles. The maximum atomic E-state index is 12.6. The number of thiophene rings is 1. The van der Waals surface area contributed by atoms with Crippen molar-refractivity contribution in [3.8, 4) is 0 Å². The maximum Gasteiger partial charge on any atom is 0.341 e. The third kappa shape index (κ3) is 5.99. The molecule has 1 N–H and O–H groups in total. The summed E-state index contributed by atoms with van der Waals surface area (Å²) in [5.41, 5.74) is 0.821. The molecular weight excluding hydrogens is 438 g/mol.